The second kappa shape index (κ2) is 9.22. The molecule has 0 amide bonds. The number of nitrogens with two attached hydrogens (primary N) is 2. The summed E-state index contributed by atoms with van der Waals surface area (Å²) in [5.41, 5.74) is 7.98. The normalized spacial score (nSPS) is 12.0. The lowest BCUT2D eigenvalue weighted by molar-refractivity contribution is 0.0971. The van der Waals surface area contributed by atoms with Gasteiger partial charge in [-0.3, -0.25) is 11.3 Å². The van der Waals surface area contributed by atoms with Gasteiger partial charge in [0.15, 0.2) is 0 Å². The van der Waals surface area contributed by atoms with Crippen molar-refractivity contribution in [2.45, 2.75) is 18.9 Å². The van der Waals surface area contributed by atoms with Crippen LogP contribution in [0.3, 0.4) is 0 Å². The lowest BCUT2D eigenvalue weighted by Gasteiger charge is -2.26. The zero-order valence-electron chi connectivity index (χ0n) is 9.62. The molecule has 0 aliphatic rings. The van der Waals surface area contributed by atoms with Crippen molar-refractivity contribution in [2.24, 2.45) is 11.6 Å². The number of rotatable bonds is 10. The van der Waals surface area contributed by atoms with Gasteiger partial charge in [-0.2, -0.15) is 0 Å². The van der Waals surface area contributed by atoms with E-state index in [1.165, 1.54) is 0 Å². The average molecular weight is 237 g/mol. The molecule has 0 saturated heterocycles. The Morgan fingerprint density at radius 2 is 1.87 bits per heavy atom. The zero-order chi connectivity index (χ0) is 11.6. The minimum atomic E-state index is -2.47. The molecular weight excluding hydrogens is 214 g/mol. The van der Waals surface area contributed by atoms with E-state index in [0.717, 1.165) is 25.4 Å². The van der Waals surface area contributed by atoms with Crippen molar-refractivity contribution in [1.82, 2.24) is 5.43 Å². The molecule has 0 atom stereocenters. The molecule has 0 saturated carbocycles. The maximum absolute atomic E-state index is 5.66. The molecule has 0 aromatic rings. The Balaban J connectivity index is 3.93. The van der Waals surface area contributed by atoms with E-state index in [1.807, 2.05) is 0 Å². The summed E-state index contributed by atoms with van der Waals surface area (Å²) in [5, 5.41) is 0. The van der Waals surface area contributed by atoms with Crippen molar-refractivity contribution in [3.63, 3.8) is 0 Å². The fourth-order valence-electron chi connectivity index (χ4n) is 1.20. The van der Waals surface area contributed by atoms with E-state index in [1.54, 1.807) is 14.2 Å². The largest absolute Gasteiger partial charge is 0.500 e. The molecule has 6 nitrogen and oxygen atoms in total. The molecule has 92 valence electrons. The van der Waals surface area contributed by atoms with Gasteiger partial charge in [0.25, 0.3) is 0 Å². The highest BCUT2D eigenvalue weighted by Gasteiger charge is 2.37. The molecule has 0 rings (SSSR count). The summed E-state index contributed by atoms with van der Waals surface area (Å²) in [6.07, 6.45) is 1.68. The van der Waals surface area contributed by atoms with Gasteiger partial charge in [-0.05, 0) is 19.4 Å². The van der Waals surface area contributed by atoms with Crippen LogP contribution in [0.1, 0.15) is 12.8 Å². The number of hydrazine groups is 1. The minimum Gasteiger partial charge on any atom is -0.377 e. The maximum Gasteiger partial charge on any atom is 0.500 e. The molecule has 0 aliphatic heterocycles. The van der Waals surface area contributed by atoms with Crippen molar-refractivity contribution in [1.29, 1.82) is 0 Å². The van der Waals surface area contributed by atoms with E-state index in [0.29, 0.717) is 13.2 Å². The van der Waals surface area contributed by atoms with Crippen molar-refractivity contribution in [2.75, 3.05) is 33.9 Å². The Morgan fingerprint density at radius 3 is 2.33 bits per heavy atom. The van der Waals surface area contributed by atoms with Crippen LogP contribution in [-0.4, -0.2) is 42.7 Å². The fraction of sp³-hybridized carbons (Fsp3) is 1.00. The lowest BCUT2D eigenvalue weighted by Crippen LogP contribution is -2.44. The molecule has 0 aromatic carbocycles. The zero-order valence-corrected chi connectivity index (χ0v) is 10.6. The van der Waals surface area contributed by atoms with E-state index in [2.05, 4.69) is 5.43 Å². The summed E-state index contributed by atoms with van der Waals surface area (Å²) < 4.78 is 16.4. The first-order valence-electron chi connectivity index (χ1n) is 5.12. The Kier molecular flexibility index (Phi) is 9.21. The third kappa shape index (κ3) is 6.20. The standard InChI is InChI=1S/C8H23N3O3Si/c1-12-15(13-2,8-4-6-11-10)14-7-3-5-9/h11H,3-10H2,1-2H3. The van der Waals surface area contributed by atoms with E-state index in [4.69, 9.17) is 24.9 Å². The van der Waals surface area contributed by atoms with Crippen LogP contribution in [0.15, 0.2) is 0 Å². The summed E-state index contributed by atoms with van der Waals surface area (Å²) in [6.45, 7) is 1.92. The molecule has 0 heterocycles. The quantitative estimate of drug-likeness (QED) is 0.204. The molecule has 0 aliphatic carbocycles. The van der Waals surface area contributed by atoms with Gasteiger partial charge in [-0.25, -0.2) is 0 Å². The van der Waals surface area contributed by atoms with Crippen LogP contribution in [0.25, 0.3) is 0 Å². The van der Waals surface area contributed by atoms with Crippen LogP contribution in [0.5, 0.6) is 0 Å². The first-order chi connectivity index (χ1) is 7.24. The van der Waals surface area contributed by atoms with E-state index in [-0.39, 0.29) is 0 Å². The van der Waals surface area contributed by atoms with Crippen LogP contribution in [0, 0.1) is 0 Å². The fourth-order valence-corrected chi connectivity index (χ4v) is 3.22. The number of nitrogens with one attached hydrogen (secondary N) is 1. The lowest BCUT2D eigenvalue weighted by atomic mass is 10.5. The average Bonchev–Trinajstić information content (AvgIpc) is 2.28. The van der Waals surface area contributed by atoms with E-state index >= 15 is 0 Å². The van der Waals surface area contributed by atoms with Gasteiger partial charge < -0.3 is 19.0 Å². The molecule has 15 heavy (non-hydrogen) atoms. The predicted octanol–water partition coefficient (Wildman–Crippen LogP) is -0.563. The SMILES string of the molecule is CO[Si](CCCNN)(OC)OCCCN. The van der Waals surface area contributed by atoms with Crippen molar-refractivity contribution < 1.29 is 13.3 Å². The monoisotopic (exact) mass is 237 g/mol. The maximum atomic E-state index is 5.66. The van der Waals surface area contributed by atoms with Gasteiger partial charge in [0.1, 0.15) is 0 Å². The molecular formula is C8H23N3O3Si. The van der Waals surface area contributed by atoms with Gasteiger partial charge >= 0.3 is 8.80 Å². The highest BCUT2D eigenvalue weighted by molar-refractivity contribution is 6.60. The highest BCUT2D eigenvalue weighted by Crippen LogP contribution is 2.15. The summed E-state index contributed by atoms with van der Waals surface area (Å²) >= 11 is 0. The molecule has 0 bridgehead atoms. The first kappa shape index (κ1) is 15.0. The third-order valence-corrected chi connectivity index (χ3v) is 4.95. The van der Waals surface area contributed by atoms with Crippen LogP contribution in [0.4, 0.5) is 0 Å². The predicted molar refractivity (Wildman–Crippen MR) is 61.0 cm³/mol. The Morgan fingerprint density at radius 1 is 1.20 bits per heavy atom. The Labute approximate surface area is 92.6 Å². The van der Waals surface area contributed by atoms with Gasteiger partial charge in [0.2, 0.25) is 0 Å². The van der Waals surface area contributed by atoms with Crippen LogP contribution in [-0.2, 0) is 13.3 Å². The Hall–Kier alpha value is -0.0231. The smallest absolute Gasteiger partial charge is 0.377 e. The number of hydrogen-bond donors (Lipinski definition) is 3. The van der Waals surface area contributed by atoms with Crippen molar-refractivity contribution in [3.8, 4) is 0 Å². The molecule has 7 heteroatoms. The molecule has 0 fully saturated rings. The highest BCUT2D eigenvalue weighted by atomic mass is 28.4. The molecule has 0 radical (unpaired) electrons. The Bertz CT molecular complexity index is 135. The summed E-state index contributed by atoms with van der Waals surface area (Å²) in [4.78, 5) is 0. The first-order valence-corrected chi connectivity index (χ1v) is 7.05. The second-order valence-electron chi connectivity index (χ2n) is 3.14. The van der Waals surface area contributed by atoms with Crippen molar-refractivity contribution in [3.05, 3.63) is 0 Å². The van der Waals surface area contributed by atoms with Gasteiger partial charge in [-0.15, -0.1) is 0 Å². The topological polar surface area (TPSA) is 91.8 Å². The number of hydrogen-bond acceptors (Lipinski definition) is 6. The minimum absolute atomic E-state index is 0.584. The summed E-state index contributed by atoms with van der Waals surface area (Å²) in [6, 6.07) is 0.759. The van der Waals surface area contributed by atoms with E-state index in [9.17, 15) is 0 Å². The summed E-state index contributed by atoms with van der Waals surface area (Å²) in [5.74, 6) is 5.19. The molecule has 0 unspecified atom stereocenters. The second-order valence-corrected chi connectivity index (χ2v) is 6.11. The third-order valence-electron chi connectivity index (χ3n) is 2.10. The van der Waals surface area contributed by atoms with Gasteiger partial charge in [-0.1, -0.05) is 0 Å². The van der Waals surface area contributed by atoms with Crippen LogP contribution >= 0.6 is 0 Å². The summed E-state index contributed by atoms with van der Waals surface area (Å²) in [7, 11) is 0.769. The van der Waals surface area contributed by atoms with Crippen LogP contribution < -0.4 is 17.0 Å². The van der Waals surface area contributed by atoms with Crippen LogP contribution in [0.2, 0.25) is 6.04 Å². The van der Waals surface area contributed by atoms with E-state index < -0.39 is 8.80 Å². The molecule has 0 spiro atoms. The van der Waals surface area contributed by atoms with Gasteiger partial charge in [0, 0.05) is 33.4 Å². The molecule has 0 aromatic heterocycles. The van der Waals surface area contributed by atoms with Crippen molar-refractivity contribution >= 4 is 8.80 Å². The van der Waals surface area contributed by atoms with Gasteiger partial charge in [0.05, 0.1) is 0 Å². The molecule has 5 N–H and O–H groups in total.